The molecule has 0 aliphatic rings. The van der Waals surface area contributed by atoms with Crippen LogP contribution in [0.25, 0.3) is 0 Å². The van der Waals surface area contributed by atoms with Gasteiger partial charge in [-0.05, 0) is 0 Å². The maximum absolute atomic E-state index is 10.7. The predicted octanol–water partition coefficient (Wildman–Crippen LogP) is 0.940. The van der Waals surface area contributed by atoms with Crippen LogP contribution in [0, 0.1) is 0 Å². The van der Waals surface area contributed by atoms with Crippen molar-refractivity contribution in [2.24, 2.45) is 5.14 Å². The number of methoxy groups -OCH3 is 2. The van der Waals surface area contributed by atoms with Crippen molar-refractivity contribution < 1.29 is 22.1 Å². The number of rotatable bonds is 4. The lowest BCUT2D eigenvalue weighted by molar-refractivity contribution is 0.353. The van der Waals surface area contributed by atoms with Crippen LogP contribution in [0.2, 0.25) is 5.02 Å². The molecular weight excluding hydrogens is 258 g/mol. The molecule has 0 heterocycles. The van der Waals surface area contributed by atoms with E-state index in [-0.39, 0.29) is 22.3 Å². The lowest BCUT2D eigenvalue weighted by Gasteiger charge is -2.11. The molecule has 0 bridgehead atoms. The summed E-state index contributed by atoms with van der Waals surface area (Å²) in [7, 11) is -1.30. The van der Waals surface area contributed by atoms with Gasteiger partial charge in [0, 0.05) is 12.1 Å². The van der Waals surface area contributed by atoms with Crippen molar-refractivity contribution in [1.82, 2.24) is 0 Å². The van der Waals surface area contributed by atoms with Gasteiger partial charge in [-0.1, -0.05) is 11.6 Å². The smallest absolute Gasteiger partial charge is 0.380 e. The van der Waals surface area contributed by atoms with Gasteiger partial charge in [-0.2, -0.15) is 13.6 Å². The molecule has 0 radical (unpaired) electrons. The van der Waals surface area contributed by atoms with Crippen molar-refractivity contribution in [1.29, 1.82) is 0 Å². The van der Waals surface area contributed by atoms with Gasteiger partial charge in [0.1, 0.15) is 5.75 Å². The minimum atomic E-state index is -4.09. The van der Waals surface area contributed by atoms with E-state index in [1.165, 1.54) is 26.4 Å². The zero-order chi connectivity index (χ0) is 12.3. The number of hydrogen-bond donors (Lipinski definition) is 1. The van der Waals surface area contributed by atoms with E-state index >= 15 is 0 Å². The van der Waals surface area contributed by atoms with E-state index in [4.69, 9.17) is 26.2 Å². The van der Waals surface area contributed by atoms with Crippen LogP contribution >= 0.6 is 11.6 Å². The molecule has 2 N–H and O–H groups in total. The van der Waals surface area contributed by atoms with E-state index in [1.807, 2.05) is 0 Å². The number of halogens is 1. The van der Waals surface area contributed by atoms with E-state index in [0.29, 0.717) is 0 Å². The Morgan fingerprint density at radius 2 is 1.88 bits per heavy atom. The average Bonchev–Trinajstić information content (AvgIpc) is 2.14. The number of nitrogens with two attached hydrogens (primary N) is 1. The topological polar surface area (TPSA) is 87.9 Å². The van der Waals surface area contributed by atoms with Crippen LogP contribution in [0.15, 0.2) is 12.1 Å². The molecule has 16 heavy (non-hydrogen) atoms. The summed E-state index contributed by atoms with van der Waals surface area (Å²) < 4.78 is 35.8. The molecule has 0 atom stereocenters. The van der Waals surface area contributed by atoms with Crippen LogP contribution in [0.1, 0.15) is 0 Å². The molecule has 90 valence electrons. The molecule has 0 amide bonds. The highest BCUT2D eigenvalue weighted by molar-refractivity contribution is 7.84. The molecule has 1 aromatic rings. The molecular formula is C8H10ClNO5S. The molecule has 8 heteroatoms. The first-order chi connectivity index (χ1) is 7.37. The van der Waals surface area contributed by atoms with Crippen LogP contribution in [0.4, 0.5) is 0 Å². The molecule has 0 unspecified atom stereocenters. The first-order valence-electron chi connectivity index (χ1n) is 4.01. The van der Waals surface area contributed by atoms with Crippen LogP contribution in [0.3, 0.4) is 0 Å². The highest BCUT2D eigenvalue weighted by Crippen LogP contribution is 2.38. The second kappa shape index (κ2) is 4.77. The van der Waals surface area contributed by atoms with Crippen molar-refractivity contribution in [3.05, 3.63) is 17.2 Å². The third-order valence-corrected chi connectivity index (χ3v) is 2.32. The summed E-state index contributed by atoms with van der Waals surface area (Å²) in [5.41, 5.74) is 0. The lowest BCUT2D eigenvalue weighted by atomic mass is 10.3. The van der Waals surface area contributed by atoms with Crippen molar-refractivity contribution in [2.45, 2.75) is 0 Å². The fourth-order valence-electron chi connectivity index (χ4n) is 1.08. The quantitative estimate of drug-likeness (QED) is 0.877. The third kappa shape index (κ3) is 3.16. The Bertz CT molecular complexity index is 487. The highest BCUT2D eigenvalue weighted by atomic mass is 35.5. The first kappa shape index (κ1) is 12.9. The van der Waals surface area contributed by atoms with E-state index in [1.54, 1.807) is 0 Å². The predicted molar refractivity (Wildman–Crippen MR) is 58.3 cm³/mol. The fraction of sp³-hybridized carbons (Fsp3) is 0.250. The van der Waals surface area contributed by atoms with Crippen molar-refractivity contribution in [3.63, 3.8) is 0 Å². The van der Waals surface area contributed by atoms with Gasteiger partial charge < -0.3 is 13.7 Å². The SMILES string of the molecule is COc1cc(OS(N)(=O)=O)cc(Cl)c1OC. The molecule has 1 rings (SSSR count). The first-order valence-corrected chi connectivity index (χ1v) is 5.86. The van der Waals surface area contributed by atoms with Crippen LogP contribution in [-0.2, 0) is 10.3 Å². The van der Waals surface area contributed by atoms with Crippen molar-refractivity contribution in [3.8, 4) is 17.2 Å². The van der Waals surface area contributed by atoms with Gasteiger partial charge >= 0.3 is 10.3 Å². The Balaban J connectivity index is 3.20. The summed E-state index contributed by atoms with van der Waals surface area (Å²) in [5, 5.41) is 4.87. The van der Waals surface area contributed by atoms with E-state index < -0.39 is 10.3 Å². The molecule has 0 aliphatic carbocycles. The Hall–Kier alpha value is -1.18. The largest absolute Gasteiger partial charge is 0.493 e. The minimum absolute atomic E-state index is 0.0508. The maximum Gasteiger partial charge on any atom is 0.380 e. The van der Waals surface area contributed by atoms with Gasteiger partial charge in [-0.15, -0.1) is 0 Å². The summed E-state index contributed by atoms with van der Waals surface area (Å²) in [6.45, 7) is 0. The van der Waals surface area contributed by atoms with Crippen molar-refractivity contribution >= 4 is 21.9 Å². The minimum Gasteiger partial charge on any atom is -0.493 e. The van der Waals surface area contributed by atoms with E-state index in [9.17, 15) is 8.42 Å². The molecule has 6 nitrogen and oxygen atoms in total. The summed E-state index contributed by atoms with van der Waals surface area (Å²) in [6, 6.07) is 2.56. The van der Waals surface area contributed by atoms with Crippen LogP contribution in [0.5, 0.6) is 17.2 Å². The summed E-state index contributed by atoms with van der Waals surface area (Å²) in [4.78, 5) is 0. The Morgan fingerprint density at radius 3 is 2.31 bits per heavy atom. The van der Waals surface area contributed by atoms with E-state index in [2.05, 4.69) is 4.18 Å². The van der Waals surface area contributed by atoms with Gasteiger partial charge in [0.2, 0.25) is 0 Å². The van der Waals surface area contributed by atoms with Gasteiger partial charge in [-0.3, -0.25) is 0 Å². The zero-order valence-corrected chi connectivity index (χ0v) is 10.1. The zero-order valence-electron chi connectivity index (χ0n) is 8.56. The second-order valence-electron chi connectivity index (χ2n) is 2.72. The van der Waals surface area contributed by atoms with Gasteiger partial charge in [0.05, 0.1) is 19.2 Å². The average molecular weight is 268 g/mol. The number of ether oxygens (including phenoxy) is 2. The second-order valence-corrected chi connectivity index (χ2v) is 4.28. The number of hydrogen-bond acceptors (Lipinski definition) is 5. The molecule has 0 saturated carbocycles. The Labute approximate surface area is 98.1 Å². The maximum atomic E-state index is 10.7. The fourth-order valence-corrected chi connectivity index (χ4v) is 1.72. The van der Waals surface area contributed by atoms with Crippen LogP contribution in [-0.4, -0.2) is 22.6 Å². The molecule has 0 saturated heterocycles. The van der Waals surface area contributed by atoms with E-state index in [0.717, 1.165) is 0 Å². The normalized spacial score (nSPS) is 11.0. The lowest BCUT2D eigenvalue weighted by Crippen LogP contribution is -2.19. The summed E-state index contributed by atoms with van der Waals surface area (Å²) in [6.07, 6.45) is 0. The van der Waals surface area contributed by atoms with Gasteiger partial charge in [0.25, 0.3) is 0 Å². The van der Waals surface area contributed by atoms with Crippen molar-refractivity contribution in [2.75, 3.05) is 14.2 Å². The summed E-state index contributed by atoms with van der Waals surface area (Å²) in [5.74, 6) is 0.477. The van der Waals surface area contributed by atoms with Crippen LogP contribution < -0.4 is 18.8 Å². The van der Waals surface area contributed by atoms with Gasteiger partial charge in [0.15, 0.2) is 11.5 Å². The monoisotopic (exact) mass is 267 g/mol. The molecule has 0 spiro atoms. The standard InChI is InChI=1S/C8H10ClNO5S/c1-13-7-4-5(15-16(10,11)12)3-6(9)8(7)14-2/h3-4H,1-2H3,(H2,10,11,12). The Kier molecular flexibility index (Phi) is 3.84. The summed E-state index contributed by atoms with van der Waals surface area (Å²) >= 11 is 5.82. The molecule has 0 fully saturated rings. The van der Waals surface area contributed by atoms with Gasteiger partial charge in [-0.25, -0.2) is 0 Å². The highest BCUT2D eigenvalue weighted by Gasteiger charge is 2.14. The Morgan fingerprint density at radius 1 is 1.25 bits per heavy atom. The third-order valence-electron chi connectivity index (χ3n) is 1.62. The molecule has 0 aromatic heterocycles. The molecule has 1 aromatic carbocycles. The molecule has 0 aliphatic heterocycles. The number of benzene rings is 1.